The molecule has 4 aromatic rings. The summed E-state index contributed by atoms with van der Waals surface area (Å²) in [6.07, 6.45) is 3.96. The van der Waals surface area contributed by atoms with E-state index >= 15 is 0 Å². The zero-order valence-electron chi connectivity index (χ0n) is 15.2. The number of aromatic amines is 2. The molecule has 0 unspecified atom stereocenters. The molecule has 0 fully saturated rings. The number of aryl methyl sites for hydroxylation is 1. The summed E-state index contributed by atoms with van der Waals surface area (Å²) >= 11 is 1.29. The van der Waals surface area contributed by atoms with Gasteiger partial charge in [0, 0.05) is 43.6 Å². The van der Waals surface area contributed by atoms with Crippen LogP contribution in [0, 0.1) is 11.2 Å². The third-order valence-electron chi connectivity index (χ3n) is 4.50. The fourth-order valence-corrected chi connectivity index (χ4v) is 4.19. The maximum absolute atomic E-state index is 13.6. The summed E-state index contributed by atoms with van der Waals surface area (Å²) in [6.45, 7) is 0.0586. The van der Waals surface area contributed by atoms with Crippen molar-refractivity contribution in [3.8, 4) is 0 Å². The summed E-state index contributed by atoms with van der Waals surface area (Å²) in [5.41, 5.74) is 1.72. The lowest BCUT2D eigenvalue weighted by atomic mass is 10.2. The predicted molar refractivity (Wildman–Crippen MR) is 106 cm³/mol. The third kappa shape index (κ3) is 3.36. The molecule has 0 aliphatic carbocycles. The van der Waals surface area contributed by atoms with Gasteiger partial charge in [-0.15, -0.1) is 11.3 Å². The maximum Gasteiger partial charge on any atom is 0.268 e. The predicted octanol–water partition coefficient (Wildman–Crippen LogP) is 1.70. The molecule has 0 radical (unpaired) electrons. The van der Waals surface area contributed by atoms with E-state index in [1.807, 2.05) is 0 Å². The summed E-state index contributed by atoms with van der Waals surface area (Å²) in [5, 5.41) is 17.4. The van der Waals surface area contributed by atoms with E-state index in [1.54, 1.807) is 23.7 Å². The molecule has 148 valence electrons. The molecule has 4 rings (SSSR count). The molecule has 0 aliphatic rings. The van der Waals surface area contributed by atoms with E-state index in [0.29, 0.717) is 32.2 Å². The van der Waals surface area contributed by atoms with E-state index in [-0.39, 0.29) is 24.2 Å². The molecule has 29 heavy (non-hydrogen) atoms. The number of rotatable bonds is 6. The van der Waals surface area contributed by atoms with Crippen molar-refractivity contribution in [2.75, 3.05) is 0 Å². The first kappa shape index (κ1) is 18.7. The zero-order chi connectivity index (χ0) is 20.5. The van der Waals surface area contributed by atoms with Crippen molar-refractivity contribution in [2.45, 2.75) is 13.0 Å². The number of H-pyrrole nitrogens is 2. The van der Waals surface area contributed by atoms with Crippen molar-refractivity contribution in [1.29, 1.82) is 5.41 Å². The van der Waals surface area contributed by atoms with Crippen molar-refractivity contribution in [1.82, 2.24) is 30.0 Å². The van der Waals surface area contributed by atoms with Crippen LogP contribution in [0.2, 0.25) is 0 Å². The number of aromatic nitrogens is 5. The number of hydrogen-bond acceptors (Lipinski definition) is 6. The van der Waals surface area contributed by atoms with Crippen LogP contribution in [0.3, 0.4) is 0 Å². The Kier molecular flexibility index (Phi) is 4.80. The van der Waals surface area contributed by atoms with Crippen LogP contribution < -0.4 is 10.9 Å². The van der Waals surface area contributed by atoms with Gasteiger partial charge in [-0.05, 0) is 6.07 Å². The monoisotopic (exact) mass is 413 g/mol. The molecule has 4 N–H and O–H groups in total. The minimum atomic E-state index is -0.438. The molecule has 11 heteroatoms. The van der Waals surface area contributed by atoms with Crippen LogP contribution in [0.1, 0.15) is 32.3 Å². The van der Waals surface area contributed by atoms with Gasteiger partial charge in [0.05, 0.1) is 16.6 Å². The number of thiazole rings is 1. The van der Waals surface area contributed by atoms with Gasteiger partial charge < -0.3 is 20.3 Å². The van der Waals surface area contributed by atoms with Gasteiger partial charge in [-0.3, -0.25) is 14.7 Å². The van der Waals surface area contributed by atoms with E-state index in [4.69, 9.17) is 5.41 Å². The molecule has 0 spiro atoms. The first-order chi connectivity index (χ1) is 14.0. The molecule has 4 heterocycles. The number of nitrogens with one attached hydrogen (secondary N) is 4. The van der Waals surface area contributed by atoms with E-state index in [9.17, 15) is 14.0 Å². The maximum atomic E-state index is 13.6. The van der Waals surface area contributed by atoms with E-state index < -0.39 is 11.7 Å². The Labute approximate surface area is 167 Å². The molecular weight excluding hydrogens is 397 g/mol. The van der Waals surface area contributed by atoms with Crippen molar-refractivity contribution in [2.24, 2.45) is 7.05 Å². The number of hydrogen-bond donors (Lipinski definition) is 4. The Morgan fingerprint density at radius 3 is 3.00 bits per heavy atom. The summed E-state index contributed by atoms with van der Waals surface area (Å²) in [4.78, 5) is 31.6. The van der Waals surface area contributed by atoms with Crippen molar-refractivity contribution in [3.63, 3.8) is 0 Å². The Morgan fingerprint density at radius 2 is 2.31 bits per heavy atom. The normalized spacial score (nSPS) is 11.1. The average Bonchev–Trinajstić information content (AvgIpc) is 3.37. The summed E-state index contributed by atoms with van der Waals surface area (Å²) < 4.78 is 15.9. The standard InChI is InChI=1S/C18H16FN7O2S/c1-26-14(18(28)22-7-9-3-2-4-21-17(9)27)10(6-20)15-16(26)24-13(29-15)5-12-11(19)8-23-25-12/h2-4,6,8,20H,5,7H2,1H3,(H,21,27)(H,22,28)(H,23,25). The minimum Gasteiger partial charge on any atom is -0.346 e. The number of carbonyl (C=O) groups excluding carboxylic acids is 1. The SMILES string of the molecule is Cn1c(C(=O)NCc2ccc[nH]c2=O)c(C=N)c2sc(Cc3[nH]ncc3F)nc21. The Balaban J connectivity index is 1.63. The van der Waals surface area contributed by atoms with Crippen LogP contribution in [0.15, 0.2) is 29.3 Å². The van der Waals surface area contributed by atoms with Gasteiger partial charge in [-0.25, -0.2) is 9.37 Å². The van der Waals surface area contributed by atoms with Gasteiger partial charge in [0.15, 0.2) is 11.5 Å². The number of carbonyl (C=O) groups is 1. The lowest BCUT2D eigenvalue weighted by molar-refractivity contribution is 0.0943. The molecule has 0 aromatic carbocycles. The largest absolute Gasteiger partial charge is 0.346 e. The fourth-order valence-electron chi connectivity index (χ4n) is 3.06. The molecule has 0 bridgehead atoms. The van der Waals surface area contributed by atoms with Crippen molar-refractivity contribution >= 4 is 33.8 Å². The van der Waals surface area contributed by atoms with Gasteiger partial charge in [-0.1, -0.05) is 6.07 Å². The van der Waals surface area contributed by atoms with Gasteiger partial charge in [0.25, 0.3) is 11.5 Å². The Morgan fingerprint density at radius 1 is 1.48 bits per heavy atom. The first-order valence-electron chi connectivity index (χ1n) is 8.60. The number of nitrogens with zero attached hydrogens (tertiary/aromatic N) is 3. The van der Waals surface area contributed by atoms with Crippen molar-refractivity contribution < 1.29 is 9.18 Å². The summed E-state index contributed by atoms with van der Waals surface area (Å²) in [7, 11) is 1.68. The number of fused-ring (bicyclic) bond motifs is 1. The first-order valence-corrected chi connectivity index (χ1v) is 9.42. The Bertz CT molecular complexity index is 1280. The van der Waals surface area contributed by atoms with E-state index in [2.05, 4.69) is 25.5 Å². The topological polar surface area (TPSA) is 132 Å². The highest BCUT2D eigenvalue weighted by molar-refractivity contribution is 7.19. The number of halogens is 1. The molecule has 1 amide bonds. The Hall–Kier alpha value is -3.60. The number of amides is 1. The van der Waals surface area contributed by atoms with Crippen LogP contribution in [0.5, 0.6) is 0 Å². The summed E-state index contributed by atoms with van der Waals surface area (Å²) in [6, 6.07) is 3.31. The van der Waals surface area contributed by atoms with Crippen LogP contribution in [0.25, 0.3) is 10.3 Å². The quantitative estimate of drug-likeness (QED) is 0.358. The van der Waals surface area contributed by atoms with Gasteiger partial charge in [-0.2, -0.15) is 5.10 Å². The molecule has 4 aromatic heterocycles. The van der Waals surface area contributed by atoms with Crippen LogP contribution in [0.4, 0.5) is 4.39 Å². The number of pyridine rings is 1. The average molecular weight is 413 g/mol. The minimum absolute atomic E-state index is 0.0586. The van der Waals surface area contributed by atoms with Crippen LogP contribution in [-0.2, 0) is 20.0 Å². The second kappa shape index (κ2) is 7.43. The van der Waals surface area contributed by atoms with Crippen LogP contribution in [-0.4, -0.2) is 36.9 Å². The van der Waals surface area contributed by atoms with E-state index in [1.165, 1.54) is 17.5 Å². The smallest absolute Gasteiger partial charge is 0.268 e. The fraction of sp³-hybridized carbons (Fsp3) is 0.167. The third-order valence-corrected chi connectivity index (χ3v) is 5.58. The second-order valence-corrected chi connectivity index (χ2v) is 7.39. The molecule has 0 saturated heterocycles. The summed E-state index contributed by atoms with van der Waals surface area (Å²) in [5.74, 6) is -0.854. The highest BCUT2D eigenvalue weighted by Crippen LogP contribution is 2.30. The van der Waals surface area contributed by atoms with E-state index in [0.717, 1.165) is 12.4 Å². The lowest BCUT2D eigenvalue weighted by Crippen LogP contribution is -2.28. The molecule has 0 atom stereocenters. The van der Waals surface area contributed by atoms with Crippen molar-refractivity contribution in [3.05, 3.63) is 68.2 Å². The second-order valence-electron chi connectivity index (χ2n) is 6.31. The van der Waals surface area contributed by atoms with Crippen LogP contribution >= 0.6 is 11.3 Å². The molecule has 0 saturated carbocycles. The van der Waals surface area contributed by atoms with Gasteiger partial charge >= 0.3 is 0 Å². The molecular formula is C18H16FN7O2S. The highest BCUT2D eigenvalue weighted by Gasteiger charge is 2.23. The van der Waals surface area contributed by atoms with Gasteiger partial charge in [0.1, 0.15) is 10.7 Å². The lowest BCUT2D eigenvalue weighted by Gasteiger charge is -2.07. The van der Waals surface area contributed by atoms with Gasteiger partial charge in [0.2, 0.25) is 0 Å². The molecule has 0 aliphatic heterocycles. The highest BCUT2D eigenvalue weighted by atomic mass is 32.1. The molecule has 9 nitrogen and oxygen atoms in total. The zero-order valence-corrected chi connectivity index (χ0v) is 16.1.